The van der Waals surface area contributed by atoms with E-state index in [1.165, 1.54) is 0 Å². The molecule has 1 aromatic rings. The van der Waals surface area contributed by atoms with Crippen molar-refractivity contribution in [2.45, 2.75) is 51.5 Å². The molecule has 3 aliphatic carbocycles. The third-order valence-corrected chi connectivity index (χ3v) is 7.22. The van der Waals surface area contributed by atoms with Crippen molar-refractivity contribution in [3.8, 4) is 0 Å². The Kier molecular flexibility index (Phi) is 2.52. The van der Waals surface area contributed by atoms with Gasteiger partial charge < -0.3 is 14.8 Å². The molecular formula is C20H23NO4. The summed E-state index contributed by atoms with van der Waals surface area (Å²) in [6.45, 7) is 8.09. The molecular weight excluding hydrogens is 318 g/mol. The summed E-state index contributed by atoms with van der Waals surface area (Å²) in [6.07, 6.45) is -0.195. The zero-order valence-electron chi connectivity index (χ0n) is 15.0. The lowest BCUT2D eigenvalue weighted by atomic mass is 9.70. The largest absolute Gasteiger partial charge is 0.462 e. The Labute approximate surface area is 147 Å². The van der Waals surface area contributed by atoms with E-state index in [2.05, 4.69) is 5.32 Å². The minimum atomic E-state index is -0.787. The quantitative estimate of drug-likeness (QED) is 0.833. The molecule has 0 aromatic heterocycles. The van der Waals surface area contributed by atoms with E-state index < -0.39 is 22.0 Å². The molecule has 0 radical (unpaired) electrons. The Morgan fingerprint density at radius 2 is 1.72 bits per heavy atom. The maximum atomic E-state index is 13.2. The standard InChI is InChI=1S/C20H23NO4/c1-11(2)24-16(23)20-14-13-17(3,25-18(14,20)4)19(13,20)15(22)21-10-12-8-6-5-7-9-12/h5-9,11,13-14H,10H2,1-4H3,(H,21,22)/t13?,14?,17-,18+,19+,20-/m0/s1. The number of rotatable bonds is 5. The van der Waals surface area contributed by atoms with Crippen molar-refractivity contribution < 1.29 is 19.1 Å². The number of ether oxygens (including phenoxy) is 2. The Bertz CT molecular complexity index is 807. The van der Waals surface area contributed by atoms with Gasteiger partial charge >= 0.3 is 5.97 Å². The van der Waals surface area contributed by atoms with Gasteiger partial charge in [-0.3, -0.25) is 9.59 Å². The van der Waals surface area contributed by atoms with Gasteiger partial charge in [-0.1, -0.05) is 30.3 Å². The zero-order chi connectivity index (χ0) is 17.8. The lowest BCUT2D eigenvalue weighted by Crippen LogP contribution is -2.50. The highest BCUT2D eigenvalue weighted by Crippen LogP contribution is 3.07. The first-order chi connectivity index (χ1) is 11.8. The number of carbonyl (C=O) groups excluding carboxylic acids is 2. The van der Waals surface area contributed by atoms with Crippen LogP contribution in [0.2, 0.25) is 0 Å². The van der Waals surface area contributed by atoms with Crippen LogP contribution in [0.1, 0.15) is 33.3 Å². The molecule has 3 saturated carbocycles. The summed E-state index contributed by atoms with van der Waals surface area (Å²) >= 11 is 0. The summed E-state index contributed by atoms with van der Waals surface area (Å²) in [5, 5.41) is 3.05. The zero-order valence-corrected chi connectivity index (χ0v) is 15.0. The molecule has 2 heterocycles. The predicted molar refractivity (Wildman–Crippen MR) is 89.3 cm³/mol. The van der Waals surface area contributed by atoms with Crippen molar-refractivity contribution in [3.05, 3.63) is 35.9 Å². The second kappa shape index (κ2) is 4.09. The van der Waals surface area contributed by atoms with Crippen LogP contribution in [-0.4, -0.2) is 29.2 Å². The molecule has 5 aliphatic rings. The molecule has 1 amide bonds. The second-order valence-corrected chi connectivity index (χ2v) is 8.51. The van der Waals surface area contributed by atoms with Crippen LogP contribution < -0.4 is 5.32 Å². The fourth-order valence-electron chi connectivity index (χ4n) is 6.55. The Morgan fingerprint density at radius 3 is 2.28 bits per heavy atom. The Balaban J connectivity index is 1.43. The SMILES string of the molecule is CC(C)OC(=O)[C@]12C3C4[C@@]1(C(=O)NCc1ccccc1)[C@@]4(C)O[C@]32C. The van der Waals surface area contributed by atoms with E-state index in [1.54, 1.807) is 0 Å². The predicted octanol–water partition coefficient (Wildman–Crippen LogP) is 2.05. The van der Waals surface area contributed by atoms with E-state index >= 15 is 0 Å². The van der Waals surface area contributed by atoms with Crippen molar-refractivity contribution in [1.82, 2.24) is 5.32 Å². The molecule has 5 heteroatoms. The van der Waals surface area contributed by atoms with Crippen molar-refractivity contribution in [2.75, 3.05) is 0 Å². The van der Waals surface area contributed by atoms with Crippen molar-refractivity contribution >= 4 is 11.9 Å². The number of benzene rings is 1. The number of hydrogen-bond donors (Lipinski definition) is 1. The first-order valence-corrected chi connectivity index (χ1v) is 9.02. The fraction of sp³-hybridized carbons (Fsp3) is 0.600. The molecule has 2 bridgehead atoms. The van der Waals surface area contributed by atoms with Gasteiger partial charge in [0.1, 0.15) is 10.8 Å². The number of esters is 1. The van der Waals surface area contributed by atoms with Crippen LogP contribution in [0, 0.1) is 22.7 Å². The van der Waals surface area contributed by atoms with Crippen molar-refractivity contribution in [3.63, 3.8) is 0 Å². The van der Waals surface area contributed by atoms with Crippen LogP contribution >= 0.6 is 0 Å². The minimum absolute atomic E-state index is 0.0676. The van der Waals surface area contributed by atoms with Crippen molar-refractivity contribution in [1.29, 1.82) is 0 Å². The highest BCUT2D eigenvalue weighted by molar-refractivity contribution is 6.06. The molecule has 6 atom stereocenters. The summed E-state index contributed by atoms with van der Waals surface area (Å²) in [5.41, 5.74) is -1.56. The van der Waals surface area contributed by atoms with E-state index in [4.69, 9.17) is 9.47 Å². The lowest BCUT2D eigenvalue weighted by molar-refractivity contribution is -0.166. The highest BCUT2D eigenvalue weighted by Gasteiger charge is 3.19. The molecule has 1 N–H and O–H groups in total. The molecule has 1 aromatic carbocycles. The first kappa shape index (κ1) is 15.4. The molecule has 5 nitrogen and oxygen atoms in total. The average Bonchev–Trinajstić information content (AvgIpc) is 3.07. The maximum absolute atomic E-state index is 13.2. The normalized spacial score (nSPS) is 46.9. The second-order valence-electron chi connectivity index (χ2n) is 8.51. The molecule has 25 heavy (non-hydrogen) atoms. The smallest absolute Gasteiger partial charge is 0.316 e. The molecule has 6 rings (SSSR count). The molecule has 132 valence electrons. The molecule has 2 aliphatic heterocycles. The molecule has 0 spiro atoms. The van der Waals surface area contributed by atoms with E-state index in [0.717, 1.165) is 5.56 Å². The van der Waals surface area contributed by atoms with Crippen LogP contribution in [-0.2, 0) is 25.6 Å². The van der Waals surface area contributed by atoms with Gasteiger partial charge in [-0.2, -0.15) is 0 Å². The number of carbonyl (C=O) groups is 2. The van der Waals surface area contributed by atoms with E-state index in [9.17, 15) is 9.59 Å². The van der Waals surface area contributed by atoms with Crippen LogP contribution in [0.15, 0.2) is 30.3 Å². The van der Waals surface area contributed by atoms with Gasteiger partial charge in [-0.05, 0) is 33.3 Å². The number of hydrogen-bond acceptors (Lipinski definition) is 4. The van der Waals surface area contributed by atoms with Gasteiger partial charge in [0.05, 0.1) is 17.3 Å². The molecule has 2 unspecified atom stereocenters. The highest BCUT2D eigenvalue weighted by atomic mass is 16.6. The lowest BCUT2D eigenvalue weighted by Gasteiger charge is -2.32. The maximum Gasteiger partial charge on any atom is 0.316 e. The van der Waals surface area contributed by atoms with Gasteiger partial charge in [-0.25, -0.2) is 0 Å². The minimum Gasteiger partial charge on any atom is -0.462 e. The third-order valence-electron chi connectivity index (χ3n) is 7.22. The van der Waals surface area contributed by atoms with Gasteiger partial charge in [0.25, 0.3) is 0 Å². The van der Waals surface area contributed by atoms with Crippen LogP contribution in [0.3, 0.4) is 0 Å². The molecule has 2 saturated heterocycles. The van der Waals surface area contributed by atoms with E-state index in [1.807, 2.05) is 58.0 Å². The van der Waals surface area contributed by atoms with Crippen LogP contribution in [0.4, 0.5) is 0 Å². The average molecular weight is 341 g/mol. The van der Waals surface area contributed by atoms with Gasteiger partial charge in [0, 0.05) is 18.4 Å². The van der Waals surface area contributed by atoms with Crippen LogP contribution in [0.25, 0.3) is 0 Å². The van der Waals surface area contributed by atoms with E-state index in [0.29, 0.717) is 6.54 Å². The fourth-order valence-corrected chi connectivity index (χ4v) is 6.55. The topological polar surface area (TPSA) is 64.6 Å². The monoisotopic (exact) mass is 341 g/mol. The summed E-state index contributed by atoms with van der Waals surface area (Å²) < 4.78 is 11.8. The third kappa shape index (κ3) is 1.27. The summed E-state index contributed by atoms with van der Waals surface area (Å²) in [5.74, 6) is -0.0661. The summed E-state index contributed by atoms with van der Waals surface area (Å²) in [4.78, 5) is 26.1. The van der Waals surface area contributed by atoms with Crippen molar-refractivity contribution in [2.24, 2.45) is 22.7 Å². The van der Waals surface area contributed by atoms with Gasteiger partial charge in [0.15, 0.2) is 0 Å². The first-order valence-electron chi connectivity index (χ1n) is 9.02. The summed E-state index contributed by atoms with van der Waals surface area (Å²) in [6, 6.07) is 9.80. The summed E-state index contributed by atoms with van der Waals surface area (Å²) in [7, 11) is 0. The van der Waals surface area contributed by atoms with Gasteiger partial charge in [-0.15, -0.1) is 0 Å². The Hall–Kier alpha value is -1.88. The Morgan fingerprint density at radius 1 is 1.12 bits per heavy atom. The molecule has 5 fully saturated rings. The van der Waals surface area contributed by atoms with Gasteiger partial charge in [0.2, 0.25) is 5.91 Å². The number of amides is 1. The van der Waals surface area contributed by atoms with Crippen LogP contribution in [0.5, 0.6) is 0 Å². The number of nitrogens with one attached hydrogen (secondary N) is 1. The van der Waals surface area contributed by atoms with E-state index in [-0.39, 0.29) is 29.8 Å².